The molecule has 180 valence electrons. The summed E-state index contributed by atoms with van der Waals surface area (Å²) in [5.41, 5.74) is 2.99. The Kier molecular flexibility index (Phi) is 7.81. The largest absolute Gasteiger partial charge is 0.326 e. The molecule has 0 bridgehead atoms. The van der Waals surface area contributed by atoms with Gasteiger partial charge in [-0.1, -0.05) is 12.1 Å². The van der Waals surface area contributed by atoms with E-state index in [0.29, 0.717) is 30.9 Å². The normalized spacial score (nSPS) is 14.9. The third-order valence-corrected chi connectivity index (χ3v) is 8.94. The van der Waals surface area contributed by atoms with Crippen LogP contribution in [0.3, 0.4) is 0 Å². The maximum Gasteiger partial charge on any atom is 0.243 e. The number of sulfonamides is 2. The van der Waals surface area contributed by atoms with Gasteiger partial charge in [0.05, 0.1) is 16.8 Å². The molecule has 8 nitrogen and oxygen atoms in total. The minimum atomic E-state index is -3.50. The van der Waals surface area contributed by atoms with Gasteiger partial charge in [-0.2, -0.15) is 4.31 Å². The van der Waals surface area contributed by atoms with Crippen LogP contribution < -0.4 is 9.62 Å². The molecule has 3 rings (SSSR count). The predicted octanol–water partition coefficient (Wildman–Crippen LogP) is 3.27. The molecule has 0 aromatic heterocycles. The first-order valence-corrected chi connectivity index (χ1v) is 14.2. The van der Waals surface area contributed by atoms with Crippen molar-refractivity contribution in [2.24, 2.45) is 0 Å². The molecular formula is C23H31N3O5S2. The monoisotopic (exact) mass is 493 g/mol. The first-order chi connectivity index (χ1) is 15.5. The van der Waals surface area contributed by atoms with Crippen molar-refractivity contribution in [3.05, 3.63) is 53.6 Å². The molecule has 1 N–H and O–H groups in total. The van der Waals surface area contributed by atoms with Gasteiger partial charge in [0.15, 0.2) is 0 Å². The summed E-state index contributed by atoms with van der Waals surface area (Å²) in [6.45, 7) is 5.06. The van der Waals surface area contributed by atoms with Crippen LogP contribution in [0, 0.1) is 13.8 Å². The van der Waals surface area contributed by atoms with E-state index in [1.165, 1.54) is 20.7 Å². The number of hydrogen-bond acceptors (Lipinski definition) is 5. The average Bonchev–Trinajstić information content (AvgIpc) is 3.29. The highest BCUT2D eigenvalue weighted by molar-refractivity contribution is 7.92. The van der Waals surface area contributed by atoms with Crippen LogP contribution in [0.1, 0.15) is 36.8 Å². The van der Waals surface area contributed by atoms with Gasteiger partial charge in [-0.25, -0.2) is 16.8 Å². The molecule has 0 aliphatic carbocycles. The summed E-state index contributed by atoms with van der Waals surface area (Å²) in [4.78, 5) is 12.6. The summed E-state index contributed by atoms with van der Waals surface area (Å²) in [6, 6.07) is 11.6. The lowest BCUT2D eigenvalue weighted by Gasteiger charge is -2.24. The Balaban J connectivity index is 1.59. The summed E-state index contributed by atoms with van der Waals surface area (Å²) in [6.07, 6.45) is 3.37. The lowest BCUT2D eigenvalue weighted by Crippen LogP contribution is -2.32. The molecule has 1 aliphatic heterocycles. The fraction of sp³-hybridized carbons (Fsp3) is 0.435. The molecule has 1 fully saturated rings. The first kappa shape index (κ1) is 25.2. The smallest absolute Gasteiger partial charge is 0.243 e. The van der Waals surface area contributed by atoms with E-state index >= 15 is 0 Å². The van der Waals surface area contributed by atoms with Crippen LogP contribution in [0.2, 0.25) is 0 Å². The number of anilines is 2. The Bertz CT molecular complexity index is 1200. The van der Waals surface area contributed by atoms with Gasteiger partial charge >= 0.3 is 0 Å². The second kappa shape index (κ2) is 10.2. The van der Waals surface area contributed by atoms with Gasteiger partial charge in [-0.3, -0.25) is 9.10 Å². The predicted molar refractivity (Wildman–Crippen MR) is 130 cm³/mol. The van der Waals surface area contributed by atoms with Crippen molar-refractivity contribution >= 4 is 37.3 Å². The summed E-state index contributed by atoms with van der Waals surface area (Å²) >= 11 is 0. The van der Waals surface area contributed by atoms with Crippen LogP contribution in [0.25, 0.3) is 0 Å². The van der Waals surface area contributed by atoms with Crippen LogP contribution in [0.5, 0.6) is 0 Å². The number of aryl methyl sites for hydroxylation is 1. The maximum atomic E-state index is 12.6. The Morgan fingerprint density at radius 1 is 1.00 bits per heavy atom. The molecule has 2 aromatic carbocycles. The number of hydrogen-bond donors (Lipinski definition) is 1. The van der Waals surface area contributed by atoms with E-state index in [4.69, 9.17) is 0 Å². The van der Waals surface area contributed by atoms with Crippen molar-refractivity contribution in [1.82, 2.24) is 4.31 Å². The highest BCUT2D eigenvalue weighted by Gasteiger charge is 2.27. The Morgan fingerprint density at radius 2 is 1.64 bits per heavy atom. The van der Waals surface area contributed by atoms with Gasteiger partial charge in [0.1, 0.15) is 0 Å². The Morgan fingerprint density at radius 3 is 2.24 bits per heavy atom. The number of carbonyl (C=O) groups excluding carboxylic acids is 1. The van der Waals surface area contributed by atoms with Gasteiger partial charge < -0.3 is 5.32 Å². The first-order valence-electron chi connectivity index (χ1n) is 10.9. The topological polar surface area (TPSA) is 104 Å². The van der Waals surface area contributed by atoms with Crippen molar-refractivity contribution < 1.29 is 21.6 Å². The summed E-state index contributed by atoms with van der Waals surface area (Å²) < 4.78 is 52.7. The summed E-state index contributed by atoms with van der Waals surface area (Å²) in [7, 11) is -7.00. The molecule has 0 atom stereocenters. The number of amides is 1. The minimum Gasteiger partial charge on any atom is -0.326 e. The number of nitrogens with one attached hydrogen (secondary N) is 1. The standard InChI is InChI=1S/C23H31N3O5S2/c1-18-8-6-9-22(19(18)2)26(32(3,28)29)17-7-10-23(27)24-20-11-13-21(14-12-20)33(30,31)25-15-4-5-16-25/h6,8-9,11-14H,4-5,7,10,15-17H2,1-3H3,(H,24,27). The molecular weight excluding hydrogens is 462 g/mol. The van der Waals surface area contributed by atoms with Gasteiger partial charge in [-0.15, -0.1) is 0 Å². The van der Waals surface area contributed by atoms with Crippen LogP contribution in [0.15, 0.2) is 47.4 Å². The highest BCUT2D eigenvalue weighted by atomic mass is 32.2. The minimum absolute atomic E-state index is 0.130. The van der Waals surface area contributed by atoms with Crippen LogP contribution >= 0.6 is 0 Å². The molecule has 2 aromatic rings. The fourth-order valence-electron chi connectivity index (χ4n) is 3.87. The zero-order valence-corrected chi connectivity index (χ0v) is 20.9. The lowest BCUT2D eigenvalue weighted by molar-refractivity contribution is -0.116. The second-order valence-electron chi connectivity index (χ2n) is 8.34. The summed E-state index contributed by atoms with van der Waals surface area (Å²) in [5.74, 6) is -0.264. The van der Waals surface area contributed by atoms with Crippen LogP contribution in [0.4, 0.5) is 11.4 Å². The van der Waals surface area contributed by atoms with E-state index in [-0.39, 0.29) is 23.8 Å². The van der Waals surface area contributed by atoms with E-state index in [1.807, 2.05) is 26.0 Å². The second-order valence-corrected chi connectivity index (χ2v) is 12.2. The Hall–Kier alpha value is -2.43. The van der Waals surface area contributed by atoms with E-state index < -0.39 is 20.0 Å². The molecule has 1 amide bonds. The van der Waals surface area contributed by atoms with Crippen molar-refractivity contribution in [3.63, 3.8) is 0 Å². The maximum absolute atomic E-state index is 12.6. The third-order valence-electron chi connectivity index (χ3n) is 5.85. The molecule has 0 spiro atoms. The van der Waals surface area contributed by atoms with E-state index in [2.05, 4.69) is 5.32 Å². The van der Waals surface area contributed by atoms with Gasteiger partial charge in [0.25, 0.3) is 0 Å². The van der Waals surface area contributed by atoms with Crippen molar-refractivity contribution in [1.29, 1.82) is 0 Å². The molecule has 0 saturated carbocycles. The molecule has 1 aliphatic rings. The number of benzene rings is 2. The number of nitrogens with zero attached hydrogens (tertiary/aromatic N) is 2. The molecule has 1 heterocycles. The van der Waals surface area contributed by atoms with E-state index in [9.17, 15) is 21.6 Å². The van der Waals surface area contributed by atoms with Crippen LogP contribution in [-0.4, -0.2) is 52.9 Å². The molecule has 0 radical (unpaired) electrons. The fourth-order valence-corrected chi connectivity index (χ4v) is 6.40. The van der Waals surface area contributed by atoms with Gasteiger partial charge in [-0.05, 0) is 74.6 Å². The number of rotatable bonds is 9. The number of carbonyl (C=O) groups is 1. The molecule has 33 heavy (non-hydrogen) atoms. The molecule has 1 saturated heterocycles. The molecule has 0 unspecified atom stereocenters. The van der Waals surface area contributed by atoms with Crippen molar-refractivity contribution in [2.45, 2.75) is 44.4 Å². The highest BCUT2D eigenvalue weighted by Crippen LogP contribution is 2.26. The van der Waals surface area contributed by atoms with Crippen LogP contribution in [-0.2, 0) is 24.8 Å². The van der Waals surface area contributed by atoms with Crippen molar-refractivity contribution in [3.8, 4) is 0 Å². The lowest BCUT2D eigenvalue weighted by atomic mass is 10.1. The van der Waals surface area contributed by atoms with E-state index in [1.54, 1.807) is 18.2 Å². The Labute approximate surface area is 196 Å². The van der Waals surface area contributed by atoms with Gasteiger partial charge in [0.2, 0.25) is 26.0 Å². The third kappa shape index (κ3) is 6.13. The zero-order chi connectivity index (χ0) is 24.2. The quantitative estimate of drug-likeness (QED) is 0.577. The van der Waals surface area contributed by atoms with E-state index in [0.717, 1.165) is 30.2 Å². The molecule has 10 heteroatoms. The zero-order valence-electron chi connectivity index (χ0n) is 19.2. The van der Waals surface area contributed by atoms with Gasteiger partial charge in [0, 0.05) is 31.7 Å². The average molecular weight is 494 g/mol. The summed E-state index contributed by atoms with van der Waals surface area (Å²) in [5, 5.41) is 2.75. The SMILES string of the molecule is Cc1cccc(N(CCCC(=O)Nc2ccc(S(=O)(=O)N3CCCC3)cc2)S(C)(=O)=O)c1C. The van der Waals surface area contributed by atoms with Crippen molar-refractivity contribution in [2.75, 3.05) is 35.5 Å².